The molecule has 0 bridgehead atoms. The summed E-state index contributed by atoms with van der Waals surface area (Å²) in [4.78, 5) is 0. The van der Waals surface area contributed by atoms with Gasteiger partial charge in [-0.05, 0) is 17.7 Å². The van der Waals surface area contributed by atoms with E-state index < -0.39 is 7.32 Å². The van der Waals surface area contributed by atoms with Crippen LogP contribution in [0.5, 0.6) is 5.75 Å². The molecule has 12 heavy (non-hydrogen) atoms. The Morgan fingerprint density at radius 2 is 1.75 bits per heavy atom. The van der Waals surface area contributed by atoms with Gasteiger partial charge in [0.15, 0.2) is 0 Å². The van der Waals surface area contributed by atoms with Crippen LogP contribution >= 0.6 is 0 Å². The molecule has 0 heterocycles. The van der Waals surface area contributed by atoms with E-state index in [0.29, 0.717) is 0 Å². The molecule has 0 fully saturated rings. The van der Waals surface area contributed by atoms with Crippen LogP contribution in [0.2, 0.25) is 0 Å². The van der Waals surface area contributed by atoms with Crippen molar-refractivity contribution in [3.63, 3.8) is 0 Å². The molecule has 0 saturated heterocycles. The van der Waals surface area contributed by atoms with Crippen molar-refractivity contribution in [3.8, 4) is 5.75 Å². The topological polar surface area (TPSA) is 69.9 Å². The molecule has 0 aliphatic heterocycles. The highest BCUT2D eigenvalue weighted by atomic mass is 16.6. The van der Waals surface area contributed by atoms with E-state index >= 15 is 0 Å². The van der Waals surface area contributed by atoms with Gasteiger partial charge in [0.05, 0.1) is 6.61 Å². The maximum Gasteiger partial charge on any atom is 0.634 e. The lowest BCUT2D eigenvalue weighted by molar-refractivity contribution is 0.177. The summed E-state index contributed by atoms with van der Waals surface area (Å²) in [6.45, 7) is 0.109. The minimum absolute atomic E-state index is 0.109. The van der Waals surface area contributed by atoms with Crippen molar-refractivity contribution >= 4 is 7.32 Å². The summed E-state index contributed by atoms with van der Waals surface area (Å²) < 4.78 is 4.50. The fraction of sp³-hybridized carbons (Fsp3) is 0.143. The first-order valence-corrected chi connectivity index (χ1v) is 3.44. The molecule has 0 aliphatic rings. The van der Waals surface area contributed by atoms with Crippen molar-refractivity contribution in [1.29, 1.82) is 0 Å². The monoisotopic (exact) mass is 168 g/mol. The lowest BCUT2D eigenvalue weighted by Gasteiger charge is -2.01. The first-order chi connectivity index (χ1) is 5.68. The van der Waals surface area contributed by atoms with Gasteiger partial charge in [0.25, 0.3) is 0 Å². The molecule has 1 rings (SSSR count). The molecule has 0 radical (unpaired) electrons. The van der Waals surface area contributed by atoms with Crippen molar-refractivity contribution in [2.45, 2.75) is 6.61 Å². The Morgan fingerprint density at radius 1 is 1.17 bits per heavy atom. The van der Waals surface area contributed by atoms with Gasteiger partial charge in [-0.15, -0.1) is 0 Å². The Bertz CT molecular complexity index is 234. The molecule has 1 aromatic rings. The molecular formula is C7H9BO4. The fourth-order valence-corrected chi connectivity index (χ4v) is 0.763. The predicted molar refractivity (Wildman–Crippen MR) is 43.1 cm³/mol. The molecule has 0 aliphatic carbocycles. The normalized spacial score (nSPS) is 9.83. The van der Waals surface area contributed by atoms with Crippen LogP contribution in [-0.2, 0) is 11.3 Å². The van der Waals surface area contributed by atoms with Crippen molar-refractivity contribution in [1.82, 2.24) is 0 Å². The number of phenolic OH excluding ortho intramolecular Hbond substituents is 1. The van der Waals surface area contributed by atoms with Gasteiger partial charge in [-0.1, -0.05) is 12.1 Å². The highest BCUT2D eigenvalue weighted by molar-refractivity contribution is 6.32. The number of phenols is 1. The summed E-state index contributed by atoms with van der Waals surface area (Å²) in [6.07, 6.45) is 0. The van der Waals surface area contributed by atoms with E-state index in [2.05, 4.69) is 4.65 Å². The molecule has 0 aromatic heterocycles. The molecule has 64 valence electrons. The SMILES string of the molecule is OB(O)OCc1ccc(O)cc1. The van der Waals surface area contributed by atoms with Gasteiger partial charge in [-0.3, -0.25) is 0 Å². The van der Waals surface area contributed by atoms with E-state index in [0.717, 1.165) is 5.56 Å². The van der Waals surface area contributed by atoms with Crippen LogP contribution in [0.3, 0.4) is 0 Å². The quantitative estimate of drug-likeness (QED) is 0.550. The molecule has 0 amide bonds. The zero-order chi connectivity index (χ0) is 8.97. The number of hydrogen-bond donors (Lipinski definition) is 3. The Morgan fingerprint density at radius 3 is 2.25 bits per heavy atom. The van der Waals surface area contributed by atoms with Crippen LogP contribution in [0, 0.1) is 0 Å². The summed E-state index contributed by atoms with van der Waals surface area (Å²) in [7, 11) is -1.75. The first-order valence-electron chi connectivity index (χ1n) is 3.44. The minimum Gasteiger partial charge on any atom is -0.508 e. The molecule has 4 nitrogen and oxygen atoms in total. The van der Waals surface area contributed by atoms with Gasteiger partial charge >= 0.3 is 7.32 Å². The van der Waals surface area contributed by atoms with E-state index in [-0.39, 0.29) is 12.4 Å². The molecule has 0 spiro atoms. The number of benzene rings is 1. The Hall–Kier alpha value is -1.04. The minimum atomic E-state index is -1.75. The van der Waals surface area contributed by atoms with Crippen molar-refractivity contribution in [3.05, 3.63) is 29.8 Å². The van der Waals surface area contributed by atoms with Gasteiger partial charge < -0.3 is 19.8 Å². The Balaban J connectivity index is 2.48. The lowest BCUT2D eigenvalue weighted by Crippen LogP contribution is -2.16. The van der Waals surface area contributed by atoms with Crippen molar-refractivity contribution < 1.29 is 19.8 Å². The lowest BCUT2D eigenvalue weighted by atomic mass is 10.2. The highest BCUT2D eigenvalue weighted by Gasteiger charge is 2.07. The molecule has 0 saturated carbocycles. The van der Waals surface area contributed by atoms with Crippen LogP contribution in [0.15, 0.2) is 24.3 Å². The molecule has 0 atom stereocenters. The first kappa shape index (κ1) is 9.06. The van der Waals surface area contributed by atoms with Gasteiger partial charge in [-0.25, -0.2) is 0 Å². The van der Waals surface area contributed by atoms with Crippen LogP contribution in [-0.4, -0.2) is 22.5 Å². The van der Waals surface area contributed by atoms with Gasteiger partial charge in [0.1, 0.15) is 5.75 Å². The Kier molecular flexibility index (Phi) is 3.10. The summed E-state index contributed by atoms with van der Waals surface area (Å²) >= 11 is 0. The maximum atomic E-state index is 8.89. The molecule has 5 heteroatoms. The summed E-state index contributed by atoms with van der Waals surface area (Å²) in [5.41, 5.74) is 0.765. The van der Waals surface area contributed by atoms with Crippen LogP contribution in [0.1, 0.15) is 5.56 Å². The predicted octanol–water partition coefficient (Wildman–Crippen LogP) is -0.122. The second-order valence-corrected chi connectivity index (χ2v) is 2.30. The van der Waals surface area contributed by atoms with E-state index in [1.807, 2.05) is 0 Å². The molecule has 3 N–H and O–H groups in total. The largest absolute Gasteiger partial charge is 0.634 e. The highest BCUT2D eigenvalue weighted by Crippen LogP contribution is 2.10. The van der Waals surface area contributed by atoms with Crippen molar-refractivity contribution in [2.75, 3.05) is 0 Å². The summed E-state index contributed by atoms with van der Waals surface area (Å²) in [5.74, 6) is 0.170. The maximum absolute atomic E-state index is 8.89. The van der Waals surface area contributed by atoms with E-state index in [1.165, 1.54) is 12.1 Å². The second-order valence-electron chi connectivity index (χ2n) is 2.30. The third-order valence-corrected chi connectivity index (χ3v) is 1.34. The van der Waals surface area contributed by atoms with Crippen LogP contribution < -0.4 is 0 Å². The van der Waals surface area contributed by atoms with Crippen LogP contribution in [0.25, 0.3) is 0 Å². The Labute approximate surface area is 70.2 Å². The van der Waals surface area contributed by atoms with E-state index in [9.17, 15) is 0 Å². The standard InChI is InChI=1S/C7H9BO4/c9-7-3-1-6(2-4-7)5-12-8(10)11/h1-4,9-11H,5H2. The van der Waals surface area contributed by atoms with Crippen molar-refractivity contribution in [2.24, 2.45) is 0 Å². The average molecular weight is 168 g/mol. The van der Waals surface area contributed by atoms with E-state index in [1.54, 1.807) is 12.1 Å². The second kappa shape index (κ2) is 4.11. The van der Waals surface area contributed by atoms with Gasteiger partial charge in [0, 0.05) is 0 Å². The molecule has 0 unspecified atom stereocenters. The fourth-order valence-electron chi connectivity index (χ4n) is 0.763. The van der Waals surface area contributed by atoms with E-state index in [4.69, 9.17) is 15.2 Å². The van der Waals surface area contributed by atoms with Gasteiger partial charge in [0.2, 0.25) is 0 Å². The third kappa shape index (κ3) is 2.92. The summed E-state index contributed by atoms with van der Waals surface area (Å²) in [5, 5.41) is 25.6. The van der Waals surface area contributed by atoms with Crippen LogP contribution in [0.4, 0.5) is 0 Å². The number of rotatable bonds is 3. The average Bonchev–Trinajstić information content (AvgIpc) is 2.03. The molecule has 1 aromatic carbocycles. The molecular weight excluding hydrogens is 159 g/mol. The van der Waals surface area contributed by atoms with Gasteiger partial charge in [-0.2, -0.15) is 0 Å². The zero-order valence-electron chi connectivity index (χ0n) is 6.34. The zero-order valence-corrected chi connectivity index (χ0v) is 6.34. The number of aromatic hydroxyl groups is 1. The number of hydrogen-bond acceptors (Lipinski definition) is 4. The third-order valence-electron chi connectivity index (χ3n) is 1.34. The summed E-state index contributed by atoms with van der Waals surface area (Å²) in [6, 6.07) is 6.28. The smallest absolute Gasteiger partial charge is 0.508 e.